The number of nitrogens with one attached hydrogen (secondary N) is 2. The van der Waals surface area contributed by atoms with E-state index in [0.717, 1.165) is 59.4 Å². The zero-order chi connectivity index (χ0) is 38.8. The van der Waals surface area contributed by atoms with Gasteiger partial charge in [-0.05, 0) is 62.3 Å². The number of β-amino-alcohol motifs (C(OH)–C–C–N with tert-alkyl or cyclic N) is 1. The molecule has 1 saturated heterocycles. The molecule has 290 valence electrons. The highest BCUT2D eigenvalue weighted by molar-refractivity contribution is 7.86. The third kappa shape index (κ3) is 12.2. The molecule has 1 aliphatic heterocycles. The zero-order valence-corrected chi connectivity index (χ0v) is 33.5. The third-order valence-electron chi connectivity index (χ3n) is 9.66. The van der Waals surface area contributed by atoms with Gasteiger partial charge in [0.25, 0.3) is 10.1 Å². The molecule has 53 heavy (non-hydrogen) atoms. The van der Waals surface area contributed by atoms with Crippen molar-refractivity contribution >= 4 is 39.2 Å². The van der Waals surface area contributed by atoms with Gasteiger partial charge in [-0.25, -0.2) is 4.98 Å². The van der Waals surface area contributed by atoms with E-state index in [0.29, 0.717) is 12.8 Å². The quantitative estimate of drug-likeness (QED) is 0.0964. The molecule has 3 amide bonds. The van der Waals surface area contributed by atoms with E-state index in [1.807, 2.05) is 71.3 Å². The highest BCUT2D eigenvalue weighted by Gasteiger charge is 2.44. The fourth-order valence-corrected chi connectivity index (χ4v) is 8.22. The topological polar surface area (TPSA) is 155 Å². The Labute approximate surface area is 319 Å². The van der Waals surface area contributed by atoms with Crippen LogP contribution < -0.4 is 10.6 Å². The molecule has 0 spiro atoms. The Morgan fingerprint density at radius 2 is 1.57 bits per heavy atom. The number of benzene rings is 2. The lowest BCUT2D eigenvalue weighted by Crippen LogP contribution is -2.57. The molecule has 3 aromatic rings. The summed E-state index contributed by atoms with van der Waals surface area (Å²) >= 11 is 1.58. The van der Waals surface area contributed by atoms with Crippen LogP contribution in [0.3, 0.4) is 0 Å². The first-order valence-electron chi connectivity index (χ1n) is 18.6. The van der Waals surface area contributed by atoms with E-state index < -0.39 is 33.7 Å². The van der Waals surface area contributed by atoms with Gasteiger partial charge >= 0.3 is 0 Å². The number of nitrogens with zero attached hydrogens (tertiary/aromatic N) is 2. The third-order valence-corrected chi connectivity index (χ3v) is 12.0. The highest BCUT2D eigenvalue weighted by atomic mass is 32.2. The number of hydrogen-bond donors (Lipinski definition) is 3. The van der Waals surface area contributed by atoms with Crippen molar-refractivity contribution in [1.82, 2.24) is 20.5 Å². The number of amides is 3. The van der Waals surface area contributed by atoms with Crippen molar-refractivity contribution in [2.45, 2.75) is 128 Å². The number of aryl methyl sites for hydroxylation is 2. The molecule has 0 unspecified atom stereocenters. The van der Waals surface area contributed by atoms with Crippen LogP contribution in [-0.4, -0.2) is 72.5 Å². The van der Waals surface area contributed by atoms with Gasteiger partial charge < -0.3 is 20.6 Å². The van der Waals surface area contributed by atoms with Crippen molar-refractivity contribution in [1.29, 1.82) is 0 Å². The summed E-state index contributed by atoms with van der Waals surface area (Å²) in [5, 5.41) is 16.5. The average Bonchev–Trinajstić information content (AvgIpc) is 3.72. The molecule has 1 aliphatic rings. The van der Waals surface area contributed by atoms with Crippen molar-refractivity contribution in [2.75, 3.05) is 13.2 Å². The zero-order valence-electron chi connectivity index (χ0n) is 31.9. The standard InChI is InChI=1S/C40H56N4O7S2/c1-27-15-21-33(22-16-27)53(49,50)51-23-13-11-9-7-8-10-12-14-35(46)43-37(40(4,5)6)39(48)44-25-32(45)24-34(44)38(47)42-28(2)30-17-19-31(20-18-30)36-29(3)41-26-52-36/h15-22,26,28,32,34,37,45H,7-14,23-25H2,1-6H3,(H,42,47)(H,43,46)/t28-,32+,34-,37+/m0/s1. The van der Waals surface area contributed by atoms with Crippen molar-refractivity contribution in [2.24, 2.45) is 5.41 Å². The lowest BCUT2D eigenvalue weighted by Gasteiger charge is -2.35. The molecule has 0 bridgehead atoms. The first-order valence-corrected chi connectivity index (χ1v) is 20.9. The van der Waals surface area contributed by atoms with Crippen molar-refractivity contribution in [3.8, 4) is 10.4 Å². The average molecular weight is 769 g/mol. The van der Waals surface area contributed by atoms with E-state index in [9.17, 15) is 27.9 Å². The van der Waals surface area contributed by atoms with Crippen LogP contribution in [0, 0.1) is 19.3 Å². The molecule has 4 rings (SSSR count). The minimum Gasteiger partial charge on any atom is -0.391 e. The smallest absolute Gasteiger partial charge is 0.296 e. The van der Waals surface area contributed by atoms with Crippen LogP contribution >= 0.6 is 11.3 Å². The van der Waals surface area contributed by atoms with E-state index in [1.54, 1.807) is 35.6 Å². The Kier molecular flexibility index (Phi) is 15.2. The Balaban J connectivity index is 1.19. The maximum atomic E-state index is 14.0. The number of thiazole rings is 1. The number of hydrogen-bond acceptors (Lipinski definition) is 9. The number of aliphatic hydroxyl groups is 1. The van der Waals surface area contributed by atoms with E-state index in [1.165, 1.54) is 4.90 Å². The van der Waals surface area contributed by atoms with Gasteiger partial charge in [0.05, 0.1) is 39.7 Å². The second-order valence-electron chi connectivity index (χ2n) is 15.2. The maximum Gasteiger partial charge on any atom is 0.296 e. The second-order valence-corrected chi connectivity index (χ2v) is 17.7. The van der Waals surface area contributed by atoms with Gasteiger partial charge in [0.15, 0.2) is 0 Å². The number of rotatable bonds is 18. The van der Waals surface area contributed by atoms with Crippen LogP contribution in [-0.2, 0) is 28.7 Å². The lowest BCUT2D eigenvalue weighted by atomic mass is 9.85. The summed E-state index contributed by atoms with van der Waals surface area (Å²) in [6.07, 6.45) is 5.42. The van der Waals surface area contributed by atoms with Gasteiger partial charge in [-0.15, -0.1) is 11.3 Å². The normalized spacial score (nSPS) is 17.4. The summed E-state index contributed by atoms with van der Waals surface area (Å²) in [4.78, 5) is 47.6. The molecule has 13 heteroatoms. The Morgan fingerprint density at radius 3 is 2.17 bits per heavy atom. The highest BCUT2D eigenvalue weighted by Crippen LogP contribution is 2.30. The van der Waals surface area contributed by atoms with Gasteiger partial charge in [-0.3, -0.25) is 18.6 Å². The molecule has 1 aromatic heterocycles. The van der Waals surface area contributed by atoms with E-state index in [4.69, 9.17) is 4.18 Å². The predicted octanol–water partition coefficient (Wildman–Crippen LogP) is 6.62. The van der Waals surface area contributed by atoms with Gasteiger partial charge in [0.1, 0.15) is 12.1 Å². The Bertz CT molecular complexity index is 1770. The molecular weight excluding hydrogens is 713 g/mol. The first kappa shape index (κ1) is 42.1. The predicted molar refractivity (Wildman–Crippen MR) is 208 cm³/mol. The van der Waals surface area contributed by atoms with Gasteiger partial charge in [0, 0.05) is 19.4 Å². The minimum absolute atomic E-state index is 0.0192. The van der Waals surface area contributed by atoms with Gasteiger partial charge in [-0.2, -0.15) is 8.42 Å². The maximum absolute atomic E-state index is 14.0. The van der Waals surface area contributed by atoms with Crippen molar-refractivity contribution in [3.05, 3.63) is 70.9 Å². The minimum atomic E-state index is -3.74. The Hall–Kier alpha value is -3.65. The number of aliphatic hydroxyl groups excluding tert-OH is 1. The second kappa shape index (κ2) is 19.1. The van der Waals surface area contributed by atoms with E-state index in [2.05, 4.69) is 15.6 Å². The molecular formula is C40H56N4O7S2. The summed E-state index contributed by atoms with van der Waals surface area (Å²) in [5.74, 6) is -0.949. The number of carbonyl (C=O) groups is 3. The lowest BCUT2D eigenvalue weighted by molar-refractivity contribution is -0.144. The molecule has 2 aromatic carbocycles. The van der Waals surface area contributed by atoms with Crippen molar-refractivity contribution in [3.63, 3.8) is 0 Å². The van der Waals surface area contributed by atoms with Crippen LogP contribution in [0.4, 0.5) is 0 Å². The van der Waals surface area contributed by atoms with Crippen LogP contribution in [0.15, 0.2) is 58.9 Å². The molecule has 0 radical (unpaired) electrons. The molecule has 11 nitrogen and oxygen atoms in total. The fourth-order valence-electron chi connectivity index (χ4n) is 6.46. The summed E-state index contributed by atoms with van der Waals surface area (Å²) in [5.41, 5.74) is 5.11. The molecule has 4 atom stereocenters. The number of carbonyl (C=O) groups excluding carboxylic acids is 3. The molecule has 1 fully saturated rings. The van der Waals surface area contributed by atoms with Crippen LogP contribution in [0.5, 0.6) is 0 Å². The van der Waals surface area contributed by atoms with Crippen molar-refractivity contribution < 1.29 is 32.1 Å². The van der Waals surface area contributed by atoms with Crippen LogP contribution in [0.2, 0.25) is 0 Å². The van der Waals surface area contributed by atoms with Gasteiger partial charge in [0.2, 0.25) is 17.7 Å². The summed E-state index contributed by atoms with van der Waals surface area (Å²) in [7, 11) is -3.74. The summed E-state index contributed by atoms with van der Waals surface area (Å²) < 4.78 is 29.8. The summed E-state index contributed by atoms with van der Waals surface area (Å²) in [6.45, 7) is 11.5. The monoisotopic (exact) mass is 768 g/mol. The first-order chi connectivity index (χ1) is 25.1. The van der Waals surface area contributed by atoms with E-state index in [-0.39, 0.29) is 54.7 Å². The molecule has 2 heterocycles. The SMILES string of the molecule is Cc1ccc(S(=O)(=O)OCCCCCCCCCC(=O)N[C@H](C(=O)N2C[C@H](O)C[C@H]2C(=O)N[C@@H](C)c2ccc(-c3scnc3C)cc2)C(C)(C)C)cc1. The number of aromatic nitrogens is 1. The fraction of sp³-hybridized carbons (Fsp3) is 0.550. The molecule has 0 aliphatic carbocycles. The van der Waals surface area contributed by atoms with Gasteiger partial charge in [-0.1, -0.05) is 94.8 Å². The van der Waals surface area contributed by atoms with Crippen LogP contribution in [0.1, 0.15) is 108 Å². The van der Waals surface area contributed by atoms with E-state index >= 15 is 0 Å². The summed E-state index contributed by atoms with van der Waals surface area (Å²) in [6, 6.07) is 12.5. The molecule has 0 saturated carbocycles. The van der Waals surface area contributed by atoms with Crippen LogP contribution in [0.25, 0.3) is 10.4 Å². The number of unbranched alkanes of at least 4 members (excludes halogenated alkanes) is 6. The Morgan fingerprint density at radius 1 is 0.943 bits per heavy atom. The largest absolute Gasteiger partial charge is 0.391 e. The molecule has 3 N–H and O–H groups in total. The number of likely N-dealkylation sites (tertiary alicyclic amines) is 1.